The normalized spacial score (nSPS) is 44.6. The van der Waals surface area contributed by atoms with Crippen LogP contribution in [0.1, 0.15) is 19.8 Å². The largest absolute Gasteiger partial charge is 0.390 e. The minimum absolute atomic E-state index is 0.175. The molecule has 5 nitrogen and oxygen atoms in total. The number of aliphatic hydroxyl groups excluding tert-OH is 4. The Hall–Kier alpha value is -0.200. The van der Waals surface area contributed by atoms with E-state index in [0.29, 0.717) is 11.0 Å². The molecule has 16 heavy (non-hydrogen) atoms. The predicted molar refractivity (Wildman–Crippen MR) is 59.7 cm³/mol. The van der Waals surface area contributed by atoms with Crippen molar-refractivity contribution in [2.24, 2.45) is 0 Å². The van der Waals surface area contributed by atoms with Crippen LogP contribution in [-0.4, -0.2) is 76.0 Å². The van der Waals surface area contributed by atoms with Crippen LogP contribution in [0.2, 0.25) is 0 Å². The summed E-state index contributed by atoms with van der Waals surface area (Å²) >= 11 is 0. The van der Waals surface area contributed by atoms with Crippen LogP contribution >= 0.6 is 0 Å². The minimum atomic E-state index is -1.15. The topological polar surface area (TPSA) is 80.9 Å². The van der Waals surface area contributed by atoms with E-state index in [2.05, 4.69) is 6.92 Å². The Morgan fingerprint density at radius 2 is 1.81 bits per heavy atom. The number of unbranched alkanes of at least 4 members (excludes halogenated alkanes) is 1. The molecule has 0 aliphatic carbocycles. The standard InChI is InChI=1S/C11H24NO4/c1-3-4-5-12(2)6-9(14)11(16)10(15)8(12)7-13/h8-11,13-16H,3-7H2,1-2H3/q+1/t8-,9+,10-,11-,12?/m1/s1. The Balaban J connectivity index is 2.80. The van der Waals surface area contributed by atoms with Gasteiger partial charge in [-0.1, -0.05) is 13.3 Å². The third kappa shape index (κ3) is 2.55. The summed E-state index contributed by atoms with van der Waals surface area (Å²) in [6.07, 6.45) is -1.12. The van der Waals surface area contributed by atoms with Crippen molar-refractivity contribution in [2.45, 2.75) is 44.1 Å². The van der Waals surface area contributed by atoms with Crippen LogP contribution in [0, 0.1) is 0 Å². The van der Waals surface area contributed by atoms with E-state index in [1.165, 1.54) is 0 Å². The smallest absolute Gasteiger partial charge is 0.141 e. The van der Waals surface area contributed by atoms with Gasteiger partial charge in [0, 0.05) is 0 Å². The summed E-state index contributed by atoms with van der Waals surface area (Å²) in [5.74, 6) is 0. The molecule has 0 saturated carbocycles. The maximum absolute atomic E-state index is 9.86. The number of hydrogen-bond donors (Lipinski definition) is 4. The number of nitrogens with zero attached hydrogens (tertiary/aromatic N) is 1. The van der Waals surface area contributed by atoms with Crippen molar-refractivity contribution < 1.29 is 24.9 Å². The van der Waals surface area contributed by atoms with E-state index in [1.54, 1.807) is 0 Å². The van der Waals surface area contributed by atoms with E-state index in [-0.39, 0.29) is 6.61 Å². The van der Waals surface area contributed by atoms with Gasteiger partial charge in [-0.25, -0.2) is 0 Å². The van der Waals surface area contributed by atoms with Crippen molar-refractivity contribution in [2.75, 3.05) is 26.7 Å². The Morgan fingerprint density at radius 1 is 1.19 bits per heavy atom. The van der Waals surface area contributed by atoms with Crippen molar-refractivity contribution in [3.8, 4) is 0 Å². The van der Waals surface area contributed by atoms with Crippen LogP contribution < -0.4 is 0 Å². The second-order valence-corrected chi connectivity index (χ2v) is 5.04. The van der Waals surface area contributed by atoms with Gasteiger partial charge in [-0.3, -0.25) is 0 Å². The molecule has 5 heteroatoms. The first-order chi connectivity index (χ1) is 7.46. The van der Waals surface area contributed by atoms with Crippen molar-refractivity contribution >= 4 is 0 Å². The monoisotopic (exact) mass is 234 g/mol. The molecule has 0 aromatic rings. The highest BCUT2D eigenvalue weighted by Gasteiger charge is 2.49. The molecule has 1 saturated heterocycles. The Kier molecular flexibility index (Phi) is 4.70. The van der Waals surface area contributed by atoms with Crippen molar-refractivity contribution in [1.29, 1.82) is 0 Å². The van der Waals surface area contributed by atoms with Crippen molar-refractivity contribution in [3.63, 3.8) is 0 Å². The molecule has 1 heterocycles. The zero-order valence-corrected chi connectivity index (χ0v) is 10.1. The molecule has 0 aromatic heterocycles. The number of likely N-dealkylation sites (tertiary alicyclic amines) is 1. The lowest BCUT2D eigenvalue weighted by molar-refractivity contribution is -0.946. The number of hydrogen-bond acceptors (Lipinski definition) is 4. The lowest BCUT2D eigenvalue weighted by Crippen LogP contribution is -2.70. The van der Waals surface area contributed by atoms with E-state index in [4.69, 9.17) is 0 Å². The molecule has 0 aromatic carbocycles. The number of rotatable bonds is 4. The first-order valence-corrected chi connectivity index (χ1v) is 5.95. The molecular formula is C11H24NO4+. The number of quaternary nitrogens is 1. The summed E-state index contributed by atoms with van der Waals surface area (Å²) in [6, 6.07) is -0.412. The molecule has 5 atom stereocenters. The zero-order chi connectivity index (χ0) is 12.3. The number of piperidine rings is 1. The summed E-state index contributed by atoms with van der Waals surface area (Å²) in [5, 5.41) is 38.5. The van der Waals surface area contributed by atoms with Crippen LogP contribution in [0.4, 0.5) is 0 Å². The van der Waals surface area contributed by atoms with E-state index < -0.39 is 24.4 Å². The summed E-state index contributed by atoms with van der Waals surface area (Å²) in [5.41, 5.74) is 0. The fourth-order valence-corrected chi connectivity index (χ4v) is 2.58. The Labute approximate surface area is 96.5 Å². The lowest BCUT2D eigenvalue weighted by Gasteiger charge is -2.49. The molecule has 1 rings (SSSR count). The highest BCUT2D eigenvalue weighted by atomic mass is 16.4. The molecular weight excluding hydrogens is 210 g/mol. The average Bonchev–Trinajstić information content (AvgIpc) is 2.24. The SMILES string of the molecule is CCCC[N+]1(C)C[C@H](O)[C@@H](O)[C@H](O)[C@H]1CO. The summed E-state index contributed by atoms with van der Waals surface area (Å²) in [6.45, 7) is 3.07. The van der Waals surface area contributed by atoms with E-state index in [9.17, 15) is 20.4 Å². The first kappa shape index (κ1) is 13.9. The first-order valence-electron chi connectivity index (χ1n) is 5.95. The molecule has 1 aliphatic heterocycles. The van der Waals surface area contributed by atoms with Crippen LogP contribution in [-0.2, 0) is 0 Å². The minimum Gasteiger partial charge on any atom is -0.390 e. The molecule has 96 valence electrons. The molecule has 0 spiro atoms. The predicted octanol–water partition coefficient (Wildman–Crippen LogP) is -1.31. The van der Waals surface area contributed by atoms with Crippen LogP contribution in [0.3, 0.4) is 0 Å². The second kappa shape index (κ2) is 5.42. The van der Waals surface area contributed by atoms with Gasteiger partial charge in [-0.15, -0.1) is 0 Å². The molecule has 0 amide bonds. The highest BCUT2D eigenvalue weighted by Crippen LogP contribution is 2.25. The Bertz CT molecular complexity index is 226. The van der Waals surface area contributed by atoms with Gasteiger partial charge in [0.1, 0.15) is 30.9 Å². The molecule has 0 bridgehead atoms. The fraction of sp³-hybridized carbons (Fsp3) is 1.00. The fourth-order valence-electron chi connectivity index (χ4n) is 2.58. The van der Waals surface area contributed by atoms with E-state index >= 15 is 0 Å². The third-order valence-corrected chi connectivity index (χ3v) is 3.75. The number of likely N-dealkylation sites (N-methyl/N-ethyl adjacent to an activating group) is 1. The summed E-state index contributed by atoms with van der Waals surface area (Å²) < 4.78 is 0.420. The molecule has 0 radical (unpaired) electrons. The van der Waals surface area contributed by atoms with Gasteiger partial charge >= 0.3 is 0 Å². The van der Waals surface area contributed by atoms with Gasteiger partial charge in [0.15, 0.2) is 0 Å². The van der Waals surface area contributed by atoms with Gasteiger partial charge in [0.25, 0.3) is 0 Å². The van der Waals surface area contributed by atoms with Crippen molar-refractivity contribution in [3.05, 3.63) is 0 Å². The number of aliphatic hydroxyl groups is 4. The van der Waals surface area contributed by atoms with Gasteiger partial charge in [-0.2, -0.15) is 0 Å². The lowest BCUT2D eigenvalue weighted by atomic mass is 9.91. The molecule has 1 unspecified atom stereocenters. The van der Waals surface area contributed by atoms with Crippen LogP contribution in [0.15, 0.2) is 0 Å². The molecule has 1 aliphatic rings. The second-order valence-electron chi connectivity index (χ2n) is 5.04. The molecule has 1 fully saturated rings. The quantitative estimate of drug-likeness (QED) is 0.455. The van der Waals surface area contributed by atoms with E-state index in [1.807, 2.05) is 7.05 Å². The average molecular weight is 234 g/mol. The van der Waals surface area contributed by atoms with E-state index in [0.717, 1.165) is 19.4 Å². The van der Waals surface area contributed by atoms with Gasteiger partial charge in [-0.05, 0) is 6.42 Å². The van der Waals surface area contributed by atoms with Crippen LogP contribution in [0.5, 0.6) is 0 Å². The zero-order valence-electron chi connectivity index (χ0n) is 10.1. The van der Waals surface area contributed by atoms with Gasteiger partial charge < -0.3 is 24.9 Å². The maximum atomic E-state index is 9.86. The molecule has 4 N–H and O–H groups in total. The maximum Gasteiger partial charge on any atom is 0.141 e. The summed E-state index contributed by atoms with van der Waals surface area (Å²) in [4.78, 5) is 0. The Morgan fingerprint density at radius 3 is 2.31 bits per heavy atom. The van der Waals surface area contributed by atoms with Crippen LogP contribution in [0.25, 0.3) is 0 Å². The highest BCUT2D eigenvalue weighted by molar-refractivity contribution is 4.87. The van der Waals surface area contributed by atoms with Gasteiger partial charge in [0.2, 0.25) is 0 Å². The summed E-state index contributed by atoms with van der Waals surface area (Å²) in [7, 11) is 1.91. The third-order valence-electron chi connectivity index (χ3n) is 3.75. The van der Waals surface area contributed by atoms with Gasteiger partial charge in [0.05, 0.1) is 20.2 Å². The van der Waals surface area contributed by atoms with Crippen molar-refractivity contribution in [1.82, 2.24) is 0 Å².